The molecule has 0 spiro atoms. The third-order valence-electron chi connectivity index (χ3n) is 3.00. The van der Waals surface area contributed by atoms with Crippen molar-refractivity contribution in [1.82, 2.24) is 10.6 Å². The van der Waals surface area contributed by atoms with Gasteiger partial charge < -0.3 is 15.4 Å². The molecule has 0 aromatic heterocycles. The zero-order chi connectivity index (χ0) is 20.1. The lowest BCUT2D eigenvalue weighted by molar-refractivity contribution is -0.120. The van der Waals surface area contributed by atoms with E-state index >= 15 is 0 Å². The second kappa shape index (κ2) is 8.26. The lowest BCUT2D eigenvalue weighted by Crippen LogP contribution is -2.51. The standard InChI is InChI=1S/C16H26N4O5S/c1-10(14(21)18-15(22)19-16(2,3)4)17-11-7-8-13(25-5)12(9-11)20-26(6,23)24/h7-10,17,20H,1-6H3,(H2,18,19,21,22). The van der Waals surface area contributed by atoms with E-state index in [9.17, 15) is 18.0 Å². The van der Waals surface area contributed by atoms with Crippen LogP contribution in [0.15, 0.2) is 18.2 Å². The summed E-state index contributed by atoms with van der Waals surface area (Å²) >= 11 is 0. The van der Waals surface area contributed by atoms with Crippen molar-refractivity contribution in [3.8, 4) is 5.75 Å². The smallest absolute Gasteiger partial charge is 0.321 e. The van der Waals surface area contributed by atoms with Crippen LogP contribution in [0.5, 0.6) is 5.75 Å². The molecule has 0 aliphatic carbocycles. The van der Waals surface area contributed by atoms with Crippen molar-refractivity contribution >= 4 is 33.3 Å². The summed E-state index contributed by atoms with van der Waals surface area (Å²) in [4.78, 5) is 23.9. The number of ether oxygens (including phenoxy) is 1. The molecule has 0 radical (unpaired) electrons. The number of methoxy groups -OCH3 is 1. The van der Waals surface area contributed by atoms with Gasteiger partial charge in [0.25, 0.3) is 0 Å². The first-order valence-electron chi connectivity index (χ1n) is 7.86. The van der Waals surface area contributed by atoms with E-state index in [2.05, 4.69) is 20.7 Å². The van der Waals surface area contributed by atoms with Gasteiger partial charge in [0.15, 0.2) is 0 Å². The molecule has 1 atom stereocenters. The molecule has 0 fully saturated rings. The van der Waals surface area contributed by atoms with Crippen molar-refractivity contribution in [2.75, 3.05) is 23.4 Å². The van der Waals surface area contributed by atoms with Gasteiger partial charge in [0.1, 0.15) is 11.8 Å². The van der Waals surface area contributed by atoms with E-state index in [0.717, 1.165) is 6.26 Å². The average Bonchev–Trinajstić information content (AvgIpc) is 2.43. The van der Waals surface area contributed by atoms with Crippen molar-refractivity contribution < 1.29 is 22.7 Å². The summed E-state index contributed by atoms with van der Waals surface area (Å²) in [6.07, 6.45) is 1.02. The Labute approximate surface area is 153 Å². The van der Waals surface area contributed by atoms with E-state index in [1.807, 2.05) is 0 Å². The second-order valence-corrected chi connectivity index (χ2v) is 8.60. The first kappa shape index (κ1) is 21.6. The largest absolute Gasteiger partial charge is 0.495 e. The Morgan fingerprint density at radius 1 is 1.19 bits per heavy atom. The molecule has 4 N–H and O–H groups in total. The van der Waals surface area contributed by atoms with Gasteiger partial charge in [-0.1, -0.05) is 0 Å². The Hall–Kier alpha value is -2.49. The topological polar surface area (TPSA) is 126 Å². The van der Waals surface area contributed by atoms with Crippen LogP contribution in [0.2, 0.25) is 0 Å². The van der Waals surface area contributed by atoms with Gasteiger partial charge in [-0.2, -0.15) is 0 Å². The highest BCUT2D eigenvalue weighted by molar-refractivity contribution is 7.92. The van der Waals surface area contributed by atoms with Gasteiger partial charge >= 0.3 is 6.03 Å². The summed E-state index contributed by atoms with van der Waals surface area (Å²) in [6, 6.07) is 3.36. The zero-order valence-electron chi connectivity index (χ0n) is 15.8. The number of urea groups is 1. The Bertz CT molecular complexity index is 771. The van der Waals surface area contributed by atoms with Gasteiger partial charge in [0, 0.05) is 11.2 Å². The summed E-state index contributed by atoms with van der Waals surface area (Å²) in [5, 5.41) is 7.78. The molecule has 0 saturated heterocycles. The summed E-state index contributed by atoms with van der Waals surface area (Å²) in [6.45, 7) is 6.97. The molecule has 146 valence electrons. The van der Waals surface area contributed by atoms with Gasteiger partial charge in [-0.3, -0.25) is 14.8 Å². The molecule has 9 nitrogen and oxygen atoms in total. The van der Waals surface area contributed by atoms with Crippen LogP contribution in [0, 0.1) is 0 Å². The zero-order valence-corrected chi connectivity index (χ0v) is 16.6. The van der Waals surface area contributed by atoms with E-state index in [1.165, 1.54) is 13.2 Å². The Morgan fingerprint density at radius 3 is 2.31 bits per heavy atom. The predicted octanol–water partition coefficient (Wildman–Crippen LogP) is 1.49. The number of hydrogen-bond donors (Lipinski definition) is 4. The Kier molecular flexibility index (Phi) is 6.85. The highest BCUT2D eigenvalue weighted by atomic mass is 32.2. The molecule has 26 heavy (non-hydrogen) atoms. The van der Waals surface area contributed by atoms with Crippen LogP contribution in [0.4, 0.5) is 16.2 Å². The number of amides is 3. The maximum Gasteiger partial charge on any atom is 0.321 e. The van der Waals surface area contributed by atoms with E-state index in [4.69, 9.17) is 4.74 Å². The molecule has 0 aliphatic heterocycles. The van der Waals surface area contributed by atoms with Crippen LogP contribution in [0.25, 0.3) is 0 Å². The maximum atomic E-state index is 12.1. The van der Waals surface area contributed by atoms with Crippen LogP contribution in [0.1, 0.15) is 27.7 Å². The van der Waals surface area contributed by atoms with Gasteiger partial charge in [-0.05, 0) is 45.9 Å². The second-order valence-electron chi connectivity index (χ2n) is 6.85. The SMILES string of the molecule is COc1ccc(NC(C)C(=O)NC(=O)NC(C)(C)C)cc1NS(C)(=O)=O. The molecular weight excluding hydrogens is 360 g/mol. The third kappa shape index (κ3) is 7.60. The van der Waals surface area contributed by atoms with Crippen LogP contribution in [-0.4, -0.2) is 45.3 Å². The molecule has 0 bridgehead atoms. The lowest BCUT2D eigenvalue weighted by Gasteiger charge is -2.22. The minimum atomic E-state index is -3.49. The molecule has 0 saturated carbocycles. The summed E-state index contributed by atoms with van der Waals surface area (Å²) < 4.78 is 30.4. The third-order valence-corrected chi connectivity index (χ3v) is 3.59. The van der Waals surface area contributed by atoms with Crippen molar-refractivity contribution in [2.24, 2.45) is 0 Å². The number of rotatable bonds is 6. The lowest BCUT2D eigenvalue weighted by atomic mass is 10.1. The number of carbonyl (C=O) groups is 2. The van der Waals surface area contributed by atoms with Gasteiger partial charge in [0.05, 0.1) is 19.1 Å². The van der Waals surface area contributed by atoms with Gasteiger partial charge in [-0.25, -0.2) is 13.2 Å². The van der Waals surface area contributed by atoms with Crippen molar-refractivity contribution in [2.45, 2.75) is 39.3 Å². The van der Waals surface area contributed by atoms with Crippen LogP contribution in [0.3, 0.4) is 0 Å². The van der Waals surface area contributed by atoms with Crippen molar-refractivity contribution in [3.05, 3.63) is 18.2 Å². The quantitative estimate of drug-likeness (QED) is 0.587. The number of imide groups is 1. The fraction of sp³-hybridized carbons (Fsp3) is 0.500. The maximum absolute atomic E-state index is 12.1. The molecule has 0 aliphatic rings. The number of hydrogen-bond acceptors (Lipinski definition) is 6. The fourth-order valence-corrected chi connectivity index (χ4v) is 2.54. The van der Waals surface area contributed by atoms with Crippen molar-refractivity contribution in [3.63, 3.8) is 0 Å². The van der Waals surface area contributed by atoms with Crippen LogP contribution >= 0.6 is 0 Å². The van der Waals surface area contributed by atoms with Crippen molar-refractivity contribution in [1.29, 1.82) is 0 Å². The molecule has 0 heterocycles. The van der Waals surface area contributed by atoms with Crippen LogP contribution < -0.4 is 25.4 Å². The minimum absolute atomic E-state index is 0.234. The summed E-state index contributed by atoms with van der Waals surface area (Å²) in [5.74, 6) is -0.192. The number of sulfonamides is 1. The average molecular weight is 386 g/mol. The highest BCUT2D eigenvalue weighted by Crippen LogP contribution is 2.28. The van der Waals surface area contributed by atoms with E-state index in [0.29, 0.717) is 11.4 Å². The number of carbonyl (C=O) groups excluding carboxylic acids is 2. The molecule has 1 unspecified atom stereocenters. The monoisotopic (exact) mass is 386 g/mol. The Morgan fingerprint density at radius 2 is 1.81 bits per heavy atom. The molecule has 10 heteroatoms. The van der Waals surface area contributed by atoms with Gasteiger partial charge in [0.2, 0.25) is 15.9 Å². The Balaban J connectivity index is 2.82. The minimum Gasteiger partial charge on any atom is -0.495 e. The van der Waals surface area contributed by atoms with E-state index < -0.39 is 33.5 Å². The first-order valence-corrected chi connectivity index (χ1v) is 9.75. The molecule has 1 rings (SSSR count). The first-order chi connectivity index (χ1) is 11.8. The molecular formula is C16H26N4O5S. The number of nitrogens with one attached hydrogen (secondary N) is 4. The molecule has 1 aromatic rings. The summed E-state index contributed by atoms with van der Waals surface area (Å²) in [7, 11) is -2.08. The van der Waals surface area contributed by atoms with Gasteiger partial charge in [-0.15, -0.1) is 0 Å². The summed E-state index contributed by atoms with van der Waals surface area (Å²) in [5.41, 5.74) is 0.248. The molecule has 3 amide bonds. The fourth-order valence-electron chi connectivity index (χ4n) is 1.98. The normalized spacial score (nSPS) is 12.7. The number of benzene rings is 1. The van der Waals surface area contributed by atoms with E-state index in [-0.39, 0.29) is 5.69 Å². The van der Waals surface area contributed by atoms with Crippen LogP contribution in [-0.2, 0) is 14.8 Å². The molecule has 1 aromatic carbocycles. The highest BCUT2D eigenvalue weighted by Gasteiger charge is 2.19. The van der Waals surface area contributed by atoms with E-state index in [1.54, 1.807) is 39.8 Å². The number of anilines is 2. The predicted molar refractivity (Wildman–Crippen MR) is 101 cm³/mol.